The molecule has 0 atom stereocenters. The lowest BCUT2D eigenvalue weighted by molar-refractivity contribution is 0.00659. The first-order valence-corrected chi connectivity index (χ1v) is 6.76. The molecule has 0 N–H and O–H groups in total. The number of esters is 1. The number of carbonyl (C=O) groups excluding carboxylic acids is 1. The molecule has 0 aliphatic heterocycles. The number of hydrogen-bond acceptors (Lipinski definition) is 5. The minimum Gasteiger partial charge on any atom is -0.493 e. The number of ether oxygens (including phenoxy) is 2. The Morgan fingerprint density at radius 3 is 2.64 bits per heavy atom. The van der Waals surface area contributed by atoms with Crippen molar-refractivity contribution in [3.63, 3.8) is 0 Å². The number of benzene rings is 1. The molecule has 1 aromatic rings. The van der Waals surface area contributed by atoms with Gasteiger partial charge in [-0.3, -0.25) is 0 Å². The van der Waals surface area contributed by atoms with Crippen LogP contribution in [-0.4, -0.2) is 18.2 Å². The standard InChI is InChI=1S/C15H18N4O3/c1-5-21-13-7-11(9-18-19-17)10(8-16)6-12(13)14(20)22-15(2,3)4/h6-7H,5,9H2,1-4H3. The van der Waals surface area contributed by atoms with E-state index in [1.807, 2.05) is 6.07 Å². The van der Waals surface area contributed by atoms with Crippen LogP contribution in [0.2, 0.25) is 0 Å². The molecule has 22 heavy (non-hydrogen) atoms. The third kappa shape index (κ3) is 4.69. The zero-order valence-corrected chi connectivity index (χ0v) is 13.1. The Morgan fingerprint density at radius 1 is 1.45 bits per heavy atom. The summed E-state index contributed by atoms with van der Waals surface area (Å²) in [6, 6.07) is 4.93. The van der Waals surface area contributed by atoms with E-state index in [1.165, 1.54) is 12.1 Å². The van der Waals surface area contributed by atoms with Crippen molar-refractivity contribution in [2.75, 3.05) is 6.61 Å². The molecule has 1 rings (SSSR count). The van der Waals surface area contributed by atoms with Crippen LogP contribution >= 0.6 is 0 Å². The van der Waals surface area contributed by atoms with Gasteiger partial charge in [0.15, 0.2) is 0 Å². The predicted octanol–water partition coefficient (Wildman–Crippen LogP) is 3.72. The largest absolute Gasteiger partial charge is 0.493 e. The number of azide groups is 1. The molecule has 0 bridgehead atoms. The minimum atomic E-state index is -0.656. The Bertz CT molecular complexity index is 650. The van der Waals surface area contributed by atoms with Gasteiger partial charge in [0.2, 0.25) is 0 Å². The van der Waals surface area contributed by atoms with Gasteiger partial charge < -0.3 is 9.47 Å². The van der Waals surface area contributed by atoms with Crippen molar-refractivity contribution in [3.8, 4) is 11.8 Å². The monoisotopic (exact) mass is 302 g/mol. The number of nitrogens with zero attached hydrogens (tertiary/aromatic N) is 4. The average Bonchev–Trinajstić information content (AvgIpc) is 2.43. The maximum Gasteiger partial charge on any atom is 0.342 e. The summed E-state index contributed by atoms with van der Waals surface area (Å²) < 4.78 is 10.8. The van der Waals surface area contributed by atoms with Gasteiger partial charge in [-0.25, -0.2) is 4.79 Å². The van der Waals surface area contributed by atoms with Crippen molar-refractivity contribution < 1.29 is 14.3 Å². The van der Waals surface area contributed by atoms with E-state index >= 15 is 0 Å². The van der Waals surface area contributed by atoms with Gasteiger partial charge in [-0.05, 0) is 50.9 Å². The molecule has 0 amide bonds. The number of nitriles is 1. The fraction of sp³-hybridized carbons (Fsp3) is 0.467. The van der Waals surface area contributed by atoms with Crippen LogP contribution < -0.4 is 4.74 Å². The van der Waals surface area contributed by atoms with E-state index in [0.717, 1.165) is 0 Å². The predicted molar refractivity (Wildman–Crippen MR) is 80.3 cm³/mol. The summed E-state index contributed by atoms with van der Waals surface area (Å²) in [5.74, 6) is -0.262. The van der Waals surface area contributed by atoms with E-state index in [0.29, 0.717) is 17.9 Å². The highest BCUT2D eigenvalue weighted by molar-refractivity contribution is 5.93. The molecule has 0 aliphatic carbocycles. The molecule has 0 aliphatic rings. The van der Waals surface area contributed by atoms with Gasteiger partial charge in [-0.1, -0.05) is 5.11 Å². The molecule has 0 radical (unpaired) electrons. The van der Waals surface area contributed by atoms with Gasteiger partial charge in [-0.15, -0.1) is 0 Å². The zero-order chi connectivity index (χ0) is 16.8. The molecule has 1 aromatic carbocycles. The first-order valence-electron chi connectivity index (χ1n) is 6.76. The SMILES string of the molecule is CCOc1cc(CN=[N+]=[N-])c(C#N)cc1C(=O)OC(C)(C)C. The Balaban J connectivity index is 3.34. The molecule has 0 aromatic heterocycles. The third-order valence-electron chi connectivity index (χ3n) is 2.55. The van der Waals surface area contributed by atoms with Crippen LogP contribution in [0.25, 0.3) is 10.4 Å². The normalized spacial score (nSPS) is 10.3. The van der Waals surface area contributed by atoms with Gasteiger partial charge in [0, 0.05) is 4.91 Å². The van der Waals surface area contributed by atoms with E-state index in [9.17, 15) is 10.1 Å². The van der Waals surface area contributed by atoms with Crippen molar-refractivity contribution in [3.05, 3.63) is 39.3 Å². The summed E-state index contributed by atoms with van der Waals surface area (Å²) in [6.45, 7) is 7.41. The van der Waals surface area contributed by atoms with Crippen LogP contribution in [0.5, 0.6) is 5.75 Å². The number of hydrogen-bond donors (Lipinski definition) is 0. The highest BCUT2D eigenvalue weighted by atomic mass is 16.6. The molecule has 0 saturated carbocycles. The van der Waals surface area contributed by atoms with Crippen LogP contribution in [0, 0.1) is 11.3 Å². The lowest BCUT2D eigenvalue weighted by atomic mass is 10.0. The van der Waals surface area contributed by atoms with E-state index in [1.54, 1.807) is 27.7 Å². The van der Waals surface area contributed by atoms with Gasteiger partial charge in [0.1, 0.15) is 16.9 Å². The van der Waals surface area contributed by atoms with Crippen LogP contribution in [0.15, 0.2) is 17.2 Å². The lowest BCUT2D eigenvalue weighted by Crippen LogP contribution is -2.24. The Kier molecular flexibility index (Phi) is 5.79. The first kappa shape index (κ1) is 17.3. The van der Waals surface area contributed by atoms with Crippen molar-refractivity contribution in [1.82, 2.24) is 0 Å². The van der Waals surface area contributed by atoms with Crippen LogP contribution in [0.4, 0.5) is 0 Å². The van der Waals surface area contributed by atoms with E-state index < -0.39 is 11.6 Å². The summed E-state index contributed by atoms with van der Waals surface area (Å²) in [6.07, 6.45) is 0. The maximum atomic E-state index is 12.3. The number of rotatable bonds is 5. The molecular weight excluding hydrogens is 284 g/mol. The topological polar surface area (TPSA) is 108 Å². The molecule has 7 nitrogen and oxygen atoms in total. The van der Waals surface area contributed by atoms with E-state index in [2.05, 4.69) is 10.0 Å². The summed E-state index contributed by atoms with van der Waals surface area (Å²) in [5, 5.41) is 12.6. The second-order valence-corrected chi connectivity index (χ2v) is 5.44. The van der Waals surface area contributed by atoms with Gasteiger partial charge in [0.25, 0.3) is 0 Å². The summed E-state index contributed by atoms with van der Waals surface area (Å²) in [7, 11) is 0. The first-order chi connectivity index (χ1) is 10.3. The second-order valence-electron chi connectivity index (χ2n) is 5.44. The second kappa shape index (κ2) is 7.34. The zero-order valence-electron chi connectivity index (χ0n) is 13.1. The Morgan fingerprint density at radius 2 is 2.14 bits per heavy atom. The Labute approximate surface area is 129 Å². The smallest absolute Gasteiger partial charge is 0.342 e. The Hall–Kier alpha value is -2.71. The van der Waals surface area contributed by atoms with E-state index in [4.69, 9.17) is 15.0 Å². The maximum absolute atomic E-state index is 12.3. The van der Waals surface area contributed by atoms with Gasteiger partial charge in [0.05, 0.1) is 24.8 Å². The molecule has 116 valence electrons. The van der Waals surface area contributed by atoms with Crippen molar-refractivity contribution in [1.29, 1.82) is 5.26 Å². The highest BCUT2D eigenvalue weighted by Crippen LogP contribution is 2.27. The molecule has 0 spiro atoms. The summed E-state index contributed by atoms with van der Waals surface area (Å²) in [4.78, 5) is 14.9. The molecule has 0 unspecified atom stereocenters. The average molecular weight is 302 g/mol. The summed E-state index contributed by atoms with van der Waals surface area (Å²) >= 11 is 0. The molecule has 7 heteroatoms. The fourth-order valence-corrected chi connectivity index (χ4v) is 1.73. The quantitative estimate of drug-likeness (QED) is 0.357. The molecular formula is C15H18N4O3. The van der Waals surface area contributed by atoms with Crippen molar-refractivity contribution in [2.24, 2.45) is 5.11 Å². The van der Waals surface area contributed by atoms with Gasteiger partial charge in [-0.2, -0.15) is 5.26 Å². The van der Waals surface area contributed by atoms with Crippen LogP contribution in [0.1, 0.15) is 49.2 Å². The molecule has 0 saturated heterocycles. The van der Waals surface area contributed by atoms with E-state index in [-0.39, 0.29) is 17.7 Å². The number of carbonyl (C=O) groups is 1. The van der Waals surface area contributed by atoms with Crippen LogP contribution in [-0.2, 0) is 11.3 Å². The van der Waals surface area contributed by atoms with Crippen LogP contribution in [0.3, 0.4) is 0 Å². The lowest BCUT2D eigenvalue weighted by Gasteiger charge is -2.21. The third-order valence-corrected chi connectivity index (χ3v) is 2.55. The highest BCUT2D eigenvalue weighted by Gasteiger charge is 2.23. The molecule has 0 fully saturated rings. The molecule has 0 heterocycles. The van der Waals surface area contributed by atoms with Crippen molar-refractivity contribution in [2.45, 2.75) is 39.8 Å². The van der Waals surface area contributed by atoms with Gasteiger partial charge >= 0.3 is 5.97 Å². The summed E-state index contributed by atoms with van der Waals surface area (Å²) in [5.41, 5.74) is 8.67. The fourth-order valence-electron chi connectivity index (χ4n) is 1.73. The van der Waals surface area contributed by atoms with Crippen molar-refractivity contribution >= 4 is 5.97 Å². The minimum absolute atomic E-state index is 0.00800.